The summed E-state index contributed by atoms with van der Waals surface area (Å²) >= 11 is 0. The van der Waals surface area contributed by atoms with Gasteiger partial charge < -0.3 is 24.3 Å². The number of aryl methyl sites for hydroxylation is 1. The Kier molecular flexibility index (Phi) is 10.1. The first-order chi connectivity index (χ1) is 22.1. The van der Waals surface area contributed by atoms with Crippen LogP contribution in [0.3, 0.4) is 0 Å². The fraction of sp³-hybridized carbons (Fsp3) is 0.629. The van der Waals surface area contributed by atoms with Gasteiger partial charge >= 0.3 is 6.01 Å². The van der Waals surface area contributed by atoms with Gasteiger partial charge in [0, 0.05) is 44.0 Å². The van der Waals surface area contributed by atoms with Gasteiger partial charge in [-0.3, -0.25) is 9.78 Å². The maximum absolute atomic E-state index is 12.6. The molecular weight excluding hydrogens is 564 g/mol. The number of fused-ring (bicyclic) bond motifs is 2. The van der Waals surface area contributed by atoms with Gasteiger partial charge in [-0.1, -0.05) is 6.58 Å². The van der Waals surface area contributed by atoms with E-state index in [1.54, 1.807) is 4.90 Å². The molecule has 5 heterocycles. The van der Waals surface area contributed by atoms with Crippen LogP contribution in [-0.4, -0.2) is 89.1 Å². The van der Waals surface area contributed by atoms with Gasteiger partial charge in [-0.25, -0.2) is 0 Å². The molecule has 2 aromatic heterocycles. The van der Waals surface area contributed by atoms with Crippen molar-refractivity contribution >= 4 is 17.4 Å². The molecule has 0 saturated carbocycles. The Bertz CT molecular complexity index is 1410. The van der Waals surface area contributed by atoms with Gasteiger partial charge in [0.05, 0.1) is 49.3 Å². The maximum Gasteiger partial charge on any atom is 0.318 e. The number of piperazine rings is 1. The standard InChI is InChI=1S/C35H48N8O2/c1-3-33(44)43-20-19-42(24-28(43)15-16-36)34-30-14-9-18-41(32-23-37-22-26-10-4-5-13-29(26)32)25-31(30)38-35(39-34)45-21-7-6-11-27-12-8-17-40(27)2/h3,22-23,27-28H,1,4-15,17-21,24-25H2,2H3/t27-,28+/m1/s1. The number of amides is 1. The third kappa shape index (κ3) is 7.09. The normalized spacial score (nSPS) is 21.9. The Labute approximate surface area is 268 Å². The van der Waals surface area contributed by atoms with E-state index < -0.39 is 0 Å². The number of rotatable bonds is 10. The molecule has 10 nitrogen and oxygen atoms in total. The van der Waals surface area contributed by atoms with Gasteiger partial charge in [-0.05, 0) is 101 Å². The highest BCUT2D eigenvalue weighted by molar-refractivity contribution is 5.87. The second-order valence-electron chi connectivity index (χ2n) is 13.1. The minimum atomic E-state index is -0.220. The number of nitriles is 1. The van der Waals surface area contributed by atoms with Crippen molar-refractivity contribution in [3.63, 3.8) is 0 Å². The lowest BCUT2D eigenvalue weighted by molar-refractivity contribution is -0.128. The maximum atomic E-state index is 12.6. The van der Waals surface area contributed by atoms with Crippen LogP contribution in [0.2, 0.25) is 0 Å². The number of likely N-dealkylation sites (tertiary alicyclic amines) is 1. The second kappa shape index (κ2) is 14.6. The molecule has 240 valence electrons. The van der Waals surface area contributed by atoms with Crippen LogP contribution in [0.25, 0.3) is 0 Å². The molecule has 0 radical (unpaired) electrons. The number of hydrogen-bond donors (Lipinski definition) is 0. The molecule has 0 unspecified atom stereocenters. The molecule has 0 aromatic carbocycles. The Hall–Kier alpha value is -3.71. The average molecular weight is 613 g/mol. The van der Waals surface area contributed by atoms with Crippen molar-refractivity contribution in [1.29, 1.82) is 5.26 Å². The summed E-state index contributed by atoms with van der Waals surface area (Å²) in [6, 6.07) is 3.19. The lowest BCUT2D eigenvalue weighted by atomic mass is 9.92. The first-order valence-electron chi connectivity index (χ1n) is 17.0. The van der Waals surface area contributed by atoms with Gasteiger partial charge in [0.25, 0.3) is 0 Å². The summed E-state index contributed by atoms with van der Waals surface area (Å²) in [6.07, 6.45) is 18.1. The first kappa shape index (κ1) is 31.3. The van der Waals surface area contributed by atoms with Crippen LogP contribution in [0, 0.1) is 11.3 Å². The molecule has 1 aliphatic carbocycles. The van der Waals surface area contributed by atoms with Crippen LogP contribution in [0.1, 0.15) is 80.2 Å². The summed E-state index contributed by atoms with van der Waals surface area (Å²) < 4.78 is 6.30. The number of unbranched alkanes of at least 4 members (excludes halogenated alkanes) is 1. The lowest BCUT2D eigenvalue weighted by Crippen LogP contribution is -2.55. The molecule has 2 fully saturated rings. The third-order valence-electron chi connectivity index (χ3n) is 10.2. The van der Waals surface area contributed by atoms with Crippen molar-refractivity contribution in [3.05, 3.63) is 47.4 Å². The molecule has 2 aromatic rings. The van der Waals surface area contributed by atoms with Crippen molar-refractivity contribution in [2.75, 3.05) is 56.2 Å². The number of hydrogen-bond acceptors (Lipinski definition) is 9. The second-order valence-corrected chi connectivity index (χ2v) is 13.1. The van der Waals surface area contributed by atoms with E-state index in [2.05, 4.69) is 45.6 Å². The molecule has 6 rings (SSSR count). The molecule has 45 heavy (non-hydrogen) atoms. The Morgan fingerprint density at radius 1 is 1.02 bits per heavy atom. The van der Waals surface area contributed by atoms with Crippen LogP contribution < -0.4 is 14.5 Å². The predicted molar refractivity (Wildman–Crippen MR) is 175 cm³/mol. The minimum Gasteiger partial charge on any atom is -0.463 e. The zero-order valence-electron chi connectivity index (χ0n) is 26.9. The summed E-state index contributed by atoms with van der Waals surface area (Å²) in [7, 11) is 2.23. The zero-order valence-corrected chi connectivity index (χ0v) is 26.9. The first-order valence-corrected chi connectivity index (χ1v) is 17.0. The summed E-state index contributed by atoms with van der Waals surface area (Å²) in [4.78, 5) is 36.3. The van der Waals surface area contributed by atoms with E-state index in [0.29, 0.717) is 44.8 Å². The van der Waals surface area contributed by atoms with Crippen LogP contribution in [-0.2, 0) is 30.6 Å². The van der Waals surface area contributed by atoms with E-state index in [1.165, 1.54) is 61.5 Å². The fourth-order valence-corrected chi connectivity index (χ4v) is 7.76. The fourth-order valence-electron chi connectivity index (χ4n) is 7.76. The number of pyridine rings is 1. The highest BCUT2D eigenvalue weighted by atomic mass is 16.5. The molecule has 1 amide bonds. The van der Waals surface area contributed by atoms with E-state index in [1.807, 2.05) is 6.20 Å². The largest absolute Gasteiger partial charge is 0.463 e. The number of aromatic nitrogens is 3. The van der Waals surface area contributed by atoms with E-state index >= 15 is 0 Å². The molecule has 0 spiro atoms. The van der Waals surface area contributed by atoms with Crippen LogP contribution in [0.15, 0.2) is 25.0 Å². The van der Waals surface area contributed by atoms with Gasteiger partial charge in [0.2, 0.25) is 5.91 Å². The Balaban J connectivity index is 1.25. The predicted octanol–water partition coefficient (Wildman–Crippen LogP) is 4.46. The zero-order chi connectivity index (χ0) is 31.2. The molecule has 10 heteroatoms. The molecular formula is C35H48N8O2. The number of carbonyl (C=O) groups is 1. The molecule has 2 saturated heterocycles. The number of ether oxygens (including phenoxy) is 1. The smallest absolute Gasteiger partial charge is 0.318 e. The van der Waals surface area contributed by atoms with Crippen LogP contribution >= 0.6 is 0 Å². The summed E-state index contributed by atoms with van der Waals surface area (Å²) in [5.41, 5.74) is 6.24. The summed E-state index contributed by atoms with van der Waals surface area (Å²) in [6.45, 7) is 8.79. The molecule has 2 atom stereocenters. The van der Waals surface area contributed by atoms with E-state index in [9.17, 15) is 10.1 Å². The lowest BCUT2D eigenvalue weighted by Gasteiger charge is -2.41. The summed E-state index contributed by atoms with van der Waals surface area (Å²) in [5, 5.41) is 9.58. The van der Waals surface area contributed by atoms with Gasteiger partial charge in [-0.15, -0.1) is 0 Å². The van der Waals surface area contributed by atoms with Crippen LogP contribution in [0.5, 0.6) is 6.01 Å². The quantitative estimate of drug-likeness (QED) is 0.284. The third-order valence-corrected chi connectivity index (χ3v) is 10.2. The SMILES string of the molecule is C=CC(=O)N1CCN(c2nc(OCCCC[C@@H]3CCCN3C)nc3c2CCCN(c2cncc4c2CCCC4)C3)C[C@@H]1CC#N. The summed E-state index contributed by atoms with van der Waals surface area (Å²) in [5.74, 6) is 0.769. The van der Waals surface area contributed by atoms with E-state index in [-0.39, 0.29) is 18.4 Å². The van der Waals surface area contributed by atoms with Gasteiger partial charge in [0.1, 0.15) is 5.82 Å². The molecule has 3 aliphatic heterocycles. The average Bonchev–Trinajstić information content (AvgIpc) is 3.35. The van der Waals surface area contributed by atoms with E-state index in [4.69, 9.17) is 14.7 Å². The number of carbonyl (C=O) groups excluding carboxylic acids is 1. The molecule has 0 bridgehead atoms. The van der Waals surface area contributed by atoms with Crippen LogP contribution in [0.4, 0.5) is 11.5 Å². The molecule has 0 N–H and O–H groups in total. The van der Waals surface area contributed by atoms with Gasteiger partial charge in [0.15, 0.2) is 0 Å². The molecule has 4 aliphatic rings. The highest BCUT2D eigenvalue weighted by Gasteiger charge is 2.33. The number of nitrogens with zero attached hydrogens (tertiary/aromatic N) is 8. The monoisotopic (exact) mass is 612 g/mol. The van der Waals surface area contributed by atoms with Crippen molar-refractivity contribution in [3.8, 4) is 12.1 Å². The number of anilines is 2. The van der Waals surface area contributed by atoms with Crippen molar-refractivity contribution in [1.82, 2.24) is 24.8 Å². The van der Waals surface area contributed by atoms with E-state index in [0.717, 1.165) is 62.1 Å². The Morgan fingerprint density at radius 2 is 1.89 bits per heavy atom. The minimum absolute atomic E-state index is 0.125. The highest BCUT2D eigenvalue weighted by Crippen LogP contribution is 2.35. The Morgan fingerprint density at radius 3 is 2.71 bits per heavy atom. The topological polar surface area (TPSA) is 102 Å². The van der Waals surface area contributed by atoms with Crippen molar-refractivity contribution in [2.45, 2.75) is 95.7 Å². The van der Waals surface area contributed by atoms with Gasteiger partial charge in [-0.2, -0.15) is 15.2 Å². The van der Waals surface area contributed by atoms with Crippen molar-refractivity contribution in [2.24, 2.45) is 0 Å². The van der Waals surface area contributed by atoms with Crippen molar-refractivity contribution < 1.29 is 9.53 Å².